The number of nitrogens with one attached hydrogen (secondary N) is 2. The van der Waals surface area contributed by atoms with E-state index < -0.39 is 17.8 Å². The van der Waals surface area contributed by atoms with Gasteiger partial charge in [-0.3, -0.25) is 9.89 Å². The number of alkyl halides is 3. The molecular weight excluding hydrogens is 321 g/mol. The second-order valence-electron chi connectivity index (χ2n) is 5.75. The van der Waals surface area contributed by atoms with E-state index in [1.165, 1.54) is 23.1 Å². The van der Waals surface area contributed by atoms with Gasteiger partial charge in [0.05, 0.1) is 23.5 Å². The smallest absolute Gasteiger partial charge is 0.310 e. The average molecular weight is 338 g/mol. The molecule has 1 amide bonds. The van der Waals surface area contributed by atoms with Crippen LogP contribution in [0.4, 0.5) is 18.9 Å². The molecule has 0 aliphatic carbocycles. The highest BCUT2D eigenvalue weighted by Gasteiger charge is 2.39. The monoisotopic (exact) mass is 338 g/mol. The zero-order chi connectivity index (χ0) is 17.3. The van der Waals surface area contributed by atoms with Crippen LogP contribution in [0.15, 0.2) is 30.5 Å². The Morgan fingerprint density at radius 1 is 1.38 bits per heavy atom. The summed E-state index contributed by atoms with van der Waals surface area (Å²) in [4.78, 5) is 13.7. The topological polar surface area (TPSA) is 61.0 Å². The summed E-state index contributed by atoms with van der Waals surface area (Å²) in [6, 6.07) is 4.67. The van der Waals surface area contributed by atoms with Gasteiger partial charge in [0.2, 0.25) is 5.91 Å². The second kappa shape index (κ2) is 6.27. The van der Waals surface area contributed by atoms with Gasteiger partial charge in [-0.25, -0.2) is 0 Å². The van der Waals surface area contributed by atoms with Crippen LogP contribution in [0.1, 0.15) is 23.2 Å². The molecule has 1 aliphatic heterocycles. The van der Waals surface area contributed by atoms with Gasteiger partial charge in [0.1, 0.15) is 0 Å². The molecule has 8 heteroatoms. The standard InChI is InChI=1S/C16H17F3N4O/c1-10-11(9-21-22-10)8-20-13-6-7-23(15(13)24)14-5-3-2-4-12(14)16(17,18)19/h2-5,9,13,20H,6-8H2,1H3,(H,21,22)/t13-/m1/s1. The number of benzene rings is 1. The van der Waals surface area contributed by atoms with Gasteiger partial charge in [-0.2, -0.15) is 18.3 Å². The molecule has 0 radical (unpaired) electrons. The van der Waals surface area contributed by atoms with Gasteiger partial charge < -0.3 is 10.2 Å². The lowest BCUT2D eigenvalue weighted by molar-refractivity contribution is -0.137. The Labute approximate surface area is 136 Å². The van der Waals surface area contributed by atoms with Crippen molar-refractivity contribution in [3.63, 3.8) is 0 Å². The number of H-pyrrole nitrogens is 1. The van der Waals surface area contributed by atoms with E-state index in [0.717, 1.165) is 17.3 Å². The maximum atomic E-state index is 13.1. The Bertz CT molecular complexity index is 741. The maximum Gasteiger partial charge on any atom is 0.418 e. The Morgan fingerprint density at radius 2 is 2.12 bits per heavy atom. The number of aryl methyl sites for hydroxylation is 1. The van der Waals surface area contributed by atoms with E-state index in [1.807, 2.05) is 6.92 Å². The predicted molar refractivity (Wildman–Crippen MR) is 82.4 cm³/mol. The molecule has 1 atom stereocenters. The first-order valence-electron chi connectivity index (χ1n) is 7.58. The highest BCUT2D eigenvalue weighted by molar-refractivity contribution is 6.00. The molecule has 2 N–H and O–H groups in total. The van der Waals surface area contributed by atoms with E-state index in [9.17, 15) is 18.0 Å². The van der Waals surface area contributed by atoms with Crippen molar-refractivity contribution in [3.05, 3.63) is 47.3 Å². The Balaban J connectivity index is 1.74. The van der Waals surface area contributed by atoms with Gasteiger partial charge in [-0.15, -0.1) is 0 Å². The van der Waals surface area contributed by atoms with Gasteiger partial charge >= 0.3 is 6.18 Å². The third-order valence-corrected chi connectivity index (χ3v) is 4.18. The van der Waals surface area contributed by atoms with Crippen LogP contribution < -0.4 is 10.2 Å². The summed E-state index contributed by atoms with van der Waals surface area (Å²) in [6.07, 6.45) is -2.36. The molecule has 128 valence electrons. The molecule has 0 spiro atoms. The first-order chi connectivity index (χ1) is 11.4. The molecule has 24 heavy (non-hydrogen) atoms. The van der Waals surface area contributed by atoms with Crippen molar-refractivity contribution < 1.29 is 18.0 Å². The van der Waals surface area contributed by atoms with Crippen LogP contribution in [0.5, 0.6) is 0 Å². The van der Waals surface area contributed by atoms with Crippen LogP contribution in [-0.2, 0) is 17.5 Å². The zero-order valence-corrected chi connectivity index (χ0v) is 13.0. The van der Waals surface area contributed by atoms with Crippen LogP contribution in [0.25, 0.3) is 0 Å². The summed E-state index contributed by atoms with van der Waals surface area (Å²) >= 11 is 0. The minimum absolute atomic E-state index is 0.0845. The van der Waals surface area contributed by atoms with Crippen molar-refractivity contribution in [3.8, 4) is 0 Å². The van der Waals surface area contributed by atoms with E-state index in [0.29, 0.717) is 13.0 Å². The number of nitrogens with zero attached hydrogens (tertiary/aromatic N) is 2. The number of rotatable bonds is 4. The van der Waals surface area contributed by atoms with Crippen LogP contribution >= 0.6 is 0 Å². The Morgan fingerprint density at radius 3 is 2.79 bits per heavy atom. The number of aromatic nitrogens is 2. The van der Waals surface area contributed by atoms with Crippen molar-refractivity contribution in [1.82, 2.24) is 15.5 Å². The summed E-state index contributed by atoms with van der Waals surface area (Å²) in [7, 11) is 0. The van der Waals surface area contributed by atoms with E-state index in [-0.39, 0.29) is 18.1 Å². The number of amides is 1. The number of carbonyl (C=O) groups excluding carboxylic acids is 1. The number of aromatic amines is 1. The van der Waals surface area contributed by atoms with Crippen LogP contribution in [0.3, 0.4) is 0 Å². The number of hydrogen-bond acceptors (Lipinski definition) is 3. The van der Waals surface area contributed by atoms with Crippen LogP contribution in [0.2, 0.25) is 0 Å². The second-order valence-corrected chi connectivity index (χ2v) is 5.75. The molecule has 2 heterocycles. The molecule has 1 aromatic heterocycles. The van der Waals surface area contributed by atoms with Crippen LogP contribution in [0, 0.1) is 6.92 Å². The van der Waals surface area contributed by atoms with Crippen molar-refractivity contribution in [2.75, 3.05) is 11.4 Å². The molecule has 2 aromatic rings. The lowest BCUT2D eigenvalue weighted by atomic mass is 10.1. The first kappa shape index (κ1) is 16.5. The summed E-state index contributed by atoms with van der Waals surface area (Å²) < 4.78 is 39.4. The molecule has 0 unspecified atom stereocenters. The molecule has 0 bridgehead atoms. The normalized spacial score (nSPS) is 18.4. The highest BCUT2D eigenvalue weighted by atomic mass is 19.4. The molecule has 1 fully saturated rings. The van der Waals surface area contributed by atoms with Gasteiger partial charge in [-0.1, -0.05) is 12.1 Å². The maximum absolute atomic E-state index is 13.1. The van der Waals surface area contributed by atoms with E-state index in [2.05, 4.69) is 15.5 Å². The van der Waals surface area contributed by atoms with E-state index in [1.54, 1.807) is 6.20 Å². The lowest BCUT2D eigenvalue weighted by Gasteiger charge is -2.21. The molecule has 1 aliphatic rings. The first-order valence-corrected chi connectivity index (χ1v) is 7.58. The fraction of sp³-hybridized carbons (Fsp3) is 0.375. The number of para-hydroxylation sites is 1. The summed E-state index contributed by atoms with van der Waals surface area (Å²) in [5, 5.41) is 9.81. The quantitative estimate of drug-likeness (QED) is 0.901. The molecule has 0 saturated carbocycles. The predicted octanol–water partition coefficient (Wildman–Crippen LogP) is 2.63. The summed E-state index contributed by atoms with van der Waals surface area (Å²) in [5.41, 5.74) is 0.952. The summed E-state index contributed by atoms with van der Waals surface area (Å²) in [6.45, 7) is 2.56. The molecular formula is C16H17F3N4O. The minimum Gasteiger partial charge on any atom is -0.310 e. The third kappa shape index (κ3) is 3.14. The minimum atomic E-state index is -4.49. The molecule has 3 rings (SSSR count). The van der Waals surface area contributed by atoms with Gasteiger partial charge in [0.15, 0.2) is 0 Å². The van der Waals surface area contributed by atoms with Crippen molar-refractivity contribution >= 4 is 11.6 Å². The van der Waals surface area contributed by atoms with Crippen LogP contribution in [-0.4, -0.2) is 28.7 Å². The summed E-state index contributed by atoms with van der Waals surface area (Å²) in [5.74, 6) is -0.340. The fourth-order valence-electron chi connectivity index (χ4n) is 2.84. The van der Waals surface area contributed by atoms with E-state index >= 15 is 0 Å². The van der Waals surface area contributed by atoms with Crippen molar-refractivity contribution in [2.45, 2.75) is 32.1 Å². The molecule has 1 saturated heterocycles. The zero-order valence-electron chi connectivity index (χ0n) is 13.0. The lowest BCUT2D eigenvalue weighted by Crippen LogP contribution is -2.38. The number of halogens is 3. The average Bonchev–Trinajstić information content (AvgIpc) is 3.10. The Hall–Kier alpha value is -2.35. The fourth-order valence-corrected chi connectivity index (χ4v) is 2.84. The number of anilines is 1. The molecule has 1 aromatic carbocycles. The van der Waals surface area contributed by atoms with E-state index in [4.69, 9.17) is 0 Å². The number of hydrogen-bond donors (Lipinski definition) is 2. The largest absolute Gasteiger partial charge is 0.418 e. The highest BCUT2D eigenvalue weighted by Crippen LogP contribution is 2.37. The third-order valence-electron chi connectivity index (χ3n) is 4.18. The molecule has 5 nitrogen and oxygen atoms in total. The Kier molecular flexibility index (Phi) is 4.31. The van der Waals surface area contributed by atoms with Gasteiger partial charge in [0.25, 0.3) is 0 Å². The van der Waals surface area contributed by atoms with Gasteiger partial charge in [0, 0.05) is 24.3 Å². The SMILES string of the molecule is Cc1[nH]ncc1CN[C@@H]1CCN(c2ccccc2C(F)(F)F)C1=O. The van der Waals surface area contributed by atoms with Gasteiger partial charge in [-0.05, 0) is 25.5 Å². The van der Waals surface area contributed by atoms with Crippen molar-refractivity contribution in [1.29, 1.82) is 0 Å². The number of carbonyl (C=O) groups is 1. The van der Waals surface area contributed by atoms with Crippen molar-refractivity contribution in [2.24, 2.45) is 0 Å².